The smallest absolute Gasteiger partial charge is 0.151 e. The van der Waals surface area contributed by atoms with E-state index in [0.717, 1.165) is 22.6 Å². The van der Waals surface area contributed by atoms with Gasteiger partial charge in [-0.1, -0.05) is 72.0 Å². The number of halogens is 4. The van der Waals surface area contributed by atoms with Crippen molar-refractivity contribution in [2.75, 3.05) is 13.2 Å². The molecule has 0 aromatic heterocycles. The summed E-state index contributed by atoms with van der Waals surface area (Å²) in [6, 6.07) is 6.94. The number of benzene rings is 2. The van der Waals surface area contributed by atoms with Crippen LogP contribution in [0.25, 0.3) is 0 Å². The third-order valence-electron chi connectivity index (χ3n) is 3.07. The number of hydrogen-bond donors (Lipinski definition) is 0. The molecular weight excluding hydrogens is 422 g/mol. The standard InChI is InChI=1S/C18H18Cl4O2S/c1-3-5-23-17-13(21)7-11(19)9-15(17)25-16-10-12(20)8-14(22)18(16)24-6-4-2/h7-10H,3-6H2,1-2H3. The molecule has 2 rings (SSSR count). The Morgan fingerprint density at radius 2 is 1.12 bits per heavy atom. The molecule has 0 saturated carbocycles. The van der Waals surface area contributed by atoms with E-state index in [9.17, 15) is 0 Å². The molecule has 136 valence electrons. The third-order valence-corrected chi connectivity index (χ3v) is 5.11. The molecule has 0 aliphatic carbocycles. The van der Waals surface area contributed by atoms with Gasteiger partial charge >= 0.3 is 0 Å². The first-order valence-corrected chi connectivity index (χ1v) is 10.2. The summed E-state index contributed by atoms with van der Waals surface area (Å²) in [5, 5.41) is 1.99. The van der Waals surface area contributed by atoms with Crippen LogP contribution in [-0.2, 0) is 0 Å². The minimum absolute atomic E-state index is 0.465. The highest BCUT2D eigenvalue weighted by Crippen LogP contribution is 2.47. The molecule has 0 N–H and O–H groups in total. The van der Waals surface area contributed by atoms with Gasteiger partial charge in [-0.15, -0.1) is 0 Å². The molecule has 2 aromatic carbocycles. The molecule has 25 heavy (non-hydrogen) atoms. The molecule has 7 heteroatoms. The zero-order chi connectivity index (χ0) is 18.4. The van der Waals surface area contributed by atoms with Gasteiger partial charge in [-0.2, -0.15) is 0 Å². The lowest BCUT2D eigenvalue weighted by molar-refractivity contribution is 0.309. The Kier molecular flexibility index (Phi) is 8.37. The van der Waals surface area contributed by atoms with Crippen molar-refractivity contribution >= 4 is 58.2 Å². The second kappa shape index (κ2) is 10.0. The summed E-state index contributed by atoms with van der Waals surface area (Å²) >= 11 is 26.4. The van der Waals surface area contributed by atoms with Gasteiger partial charge in [0.1, 0.15) is 0 Å². The van der Waals surface area contributed by atoms with E-state index >= 15 is 0 Å². The lowest BCUT2D eigenvalue weighted by atomic mass is 10.3. The van der Waals surface area contributed by atoms with Crippen molar-refractivity contribution in [3.05, 3.63) is 44.4 Å². The van der Waals surface area contributed by atoms with Gasteiger partial charge < -0.3 is 9.47 Å². The highest BCUT2D eigenvalue weighted by atomic mass is 35.5. The Labute approximate surface area is 172 Å². The SMILES string of the molecule is CCCOc1c(Cl)cc(Cl)cc1Sc1cc(Cl)cc(Cl)c1OCCC. The first kappa shape index (κ1) is 20.9. The molecule has 0 unspecified atom stereocenters. The van der Waals surface area contributed by atoms with Gasteiger partial charge in [0.2, 0.25) is 0 Å². The fraction of sp³-hybridized carbons (Fsp3) is 0.333. The molecule has 2 nitrogen and oxygen atoms in total. The predicted molar refractivity (Wildman–Crippen MR) is 109 cm³/mol. The van der Waals surface area contributed by atoms with E-state index < -0.39 is 0 Å². The van der Waals surface area contributed by atoms with Crippen molar-refractivity contribution in [1.29, 1.82) is 0 Å². The lowest BCUT2D eigenvalue weighted by Crippen LogP contribution is -1.99. The van der Waals surface area contributed by atoms with Crippen molar-refractivity contribution in [2.24, 2.45) is 0 Å². The van der Waals surface area contributed by atoms with Crippen molar-refractivity contribution < 1.29 is 9.47 Å². The number of rotatable bonds is 8. The van der Waals surface area contributed by atoms with E-state index in [1.807, 2.05) is 26.0 Å². The van der Waals surface area contributed by atoms with E-state index in [1.54, 1.807) is 12.1 Å². The second-order valence-corrected chi connectivity index (χ2v) is 8.00. The molecule has 0 atom stereocenters. The minimum Gasteiger partial charge on any atom is -0.491 e. The number of hydrogen-bond acceptors (Lipinski definition) is 3. The minimum atomic E-state index is 0.465. The molecular formula is C18H18Cl4O2S. The largest absolute Gasteiger partial charge is 0.491 e. The Hall–Kier alpha value is -0.450. The van der Waals surface area contributed by atoms with Crippen LogP contribution < -0.4 is 9.47 Å². The molecule has 2 aromatic rings. The quantitative estimate of drug-likeness (QED) is 0.414. The molecule has 0 amide bonds. The van der Waals surface area contributed by atoms with Crippen LogP contribution in [0.1, 0.15) is 26.7 Å². The van der Waals surface area contributed by atoms with E-state index in [4.69, 9.17) is 55.9 Å². The maximum Gasteiger partial charge on any atom is 0.151 e. The molecule has 0 aliphatic heterocycles. The van der Waals surface area contributed by atoms with Crippen molar-refractivity contribution in [2.45, 2.75) is 36.5 Å². The monoisotopic (exact) mass is 438 g/mol. The topological polar surface area (TPSA) is 18.5 Å². The van der Waals surface area contributed by atoms with Crippen LogP contribution in [0, 0.1) is 0 Å². The Morgan fingerprint density at radius 1 is 0.720 bits per heavy atom. The Morgan fingerprint density at radius 3 is 1.48 bits per heavy atom. The van der Waals surface area contributed by atoms with Crippen LogP contribution in [0.5, 0.6) is 11.5 Å². The van der Waals surface area contributed by atoms with Gasteiger partial charge in [-0.25, -0.2) is 0 Å². The van der Waals surface area contributed by atoms with E-state index in [-0.39, 0.29) is 0 Å². The molecule has 0 bridgehead atoms. The fourth-order valence-corrected chi connectivity index (χ4v) is 4.50. The summed E-state index contributed by atoms with van der Waals surface area (Å²) in [5.74, 6) is 1.19. The van der Waals surface area contributed by atoms with Gasteiger partial charge in [0.15, 0.2) is 11.5 Å². The van der Waals surface area contributed by atoms with Crippen molar-refractivity contribution in [1.82, 2.24) is 0 Å². The summed E-state index contributed by atoms with van der Waals surface area (Å²) in [7, 11) is 0. The molecule has 0 heterocycles. The summed E-state index contributed by atoms with van der Waals surface area (Å²) in [6.45, 7) is 5.18. The Bertz CT molecular complexity index is 676. The molecule has 0 radical (unpaired) electrons. The van der Waals surface area contributed by atoms with Crippen LogP contribution in [0.2, 0.25) is 20.1 Å². The fourth-order valence-electron chi connectivity index (χ4n) is 2.03. The first-order valence-electron chi connectivity index (χ1n) is 7.87. The van der Waals surface area contributed by atoms with Crippen molar-refractivity contribution in [3.8, 4) is 11.5 Å². The first-order chi connectivity index (χ1) is 12.0. The van der Waals surface area contributed by atoms with Gasteiger partial charge in [0, 0.05) is 10.0 Å². The van der Waals surface area contributed by atoms with E-state index in [1.165, 1.54) is 11.8 Å². The average Bonchev–Trinajstić information content (AvgIpc) is 2.53. The number of ether oxygens (including phenoxy) is 2. The summed E-state index contributed by atoms with van der Waals surface area (Å²) in [6.07, 6.45) is 1.74. The van der Waals surface area contributed by atoms with Crippen molar-refractivity contribution in [3.63, 3.8) is 0 Å². The second-order valence-electron chi connectivity index (χ2n) is 5.23. The van der Waals surface area contributed by atoms with Crippen LogP contribution >= 0.6 is 58.2 Å². The zero-order valence-corrected chi connectivity index (χ0v) is 17.7. The van der Waals surface area contributed by atoms with Crippen LogP contribution in [0.3, 0.4) is 0 Å². The highest BCUT2D eigenvalue weighted by molar-refractivity contribution is 7.99. The predicted octanol–water partition coefficient (Wildman–Crippen LogP) is 8.03. The third kappa shape index (κ3) is 5.77. The summed E-state index contributed by atoms with van der Waals surface area (Å²) in [5.41, 5.74) is 0. The summed E-state index contributed by atoms with van der Waals surface area (Å²) in [4.78, 5) is 1.57. The van der Waals surface area contributed by atoms with Crippen LogP contribution in [0.4, 0.5) is 0 Å². The average molecular weight is 440 g/mol. The van der Waals surface area contributed by atoms with Crippen LogP contribution in [0.15, 0.2) is 34.1 Å². The summed E-state index contributed by atoms with van der Waals surface area (Å²) < 4.78 is 11.6. The maximum absolute atomic E-state index is 6.32. The maximum atomic E-state index is 6.32. The normalized spacial score (nSPS) is 10.8. The van der Waals surface area contributed by atoms with Gasteiger partial charge in [0.05, 0.1) is 33.0 Å². The molecule has 0 aliphatic rings. The van der Waals surface area contributed by atoms with Crippen LogP contribution in [-0.4, -0.2) is 13.2 Å². The van der Waals surface area contributed by atoms with Gasteiger partial charge in [0.25, 0.3) is 0 Å². The Balaban J connectivity index is 2.45. The van der Waals surface area contributed by atoms with E-state index in [0.29, 0.717) is 44.8 Å². The molecule has 0 saturated heterocycles. The van der Waals surface area contributed by atoms with Gasteiger partial charge in [-0.3, -0.25) is 0 Å². The zero-order valence-electron chi connectivity index (χ0n) is 13.9. The molecule has 0 fully saturated rings. The van der Waals surface area contributed by atoms with E-state index in [2.05, 4.69) is 0 Å². The highest BCUT2D eigenvalue weighted by Gasteiger charge is 2.17. The molecule has 0 spiro atoms. The lowest BCUT2D eigenvalue weighted by Gasteiger charge is -2.16. The van der Waals surface area contributed by atoms with Gasteiger partial charge in [-0.05, 0) is 37.1 Å².